The molecule has 2 nitrogen and oxygen atoms in total. The molecule has 1 unspecified atom stereocenters. The van der Waals surface area contributed by atoms with E-state index in [2.05, 4.69) is 52.0 Å². The van der Waals surface area contributed by atoms with Gasteiger partial charge in [-0.3, -0.25) is 0 Å². The highest BCUT2D eigenvalue weighted by Crippen LogP contribution is 2.37. The van der Waals surface area contributed by atoms with Crippen LogP contribution in [0.25, 0.3) is 10.8 Å². The molecule has 0 radical (unpaired) electrons. The van der Waals surface area contributed by atoms with Crippen molar-refractivity contribution < 1.29 is 0 Å². The average molecular weight is 413 g/mol. The van der Waals surface area contributed by atoms with Crippen LogP contribution in [-0.2, 0) is 12.3 Å². The molecule has 0 aliphatic heterocycles. The Balaban J connectivity index is 1.65. The van der Waals surface area contributed by atoms with Gasteiger partial charge in [-0.1, -0.05) is 71.7 Å². The Labute approximate surface area is 173 Å². The van der Waals surface area contributed by atoms with Crippen LogP contribution < -0.4 is 0 Å². The maximum atomic E-state index is 6.19. The van der Waals surface area contributed by atoms with E-state index in [9.17, 15) is 0 Å². The summed E-state index contributed by atoms with van der Waals surface area (Å²) < 4.78 is 2.13. The van der Waals surface area contributed by atoms with Crippen molar-refractivity contribution in [2.75, 3.05) is 0 Å². The highest BCUT2D eigenvalue weighted by molar-refractivity contribution is 7.98. The summed E-state index contributed by atoms with van der Waals surface area (Å²) in [5.41, 5.74) is 2.51. The summed E-state index contributed by atoms with van der Waals surface area (Å²) in [5.74, 6) is 0.861. The van der Waals surface area contributed by atoms with Crippen molar-refractivity contribution >= 4 is 45.7 Å². The molecule has 0 bridgehead atoms. The molecule has 5 heteroatoms. The third-order valence-electron chi connectivity index (χ3n) is 4.54. The molecule has 4 rings (SSSR count). The van der Waals surface area contributed by atoms with Gasteiger partial charge in [0.05, 0.1) is 16.4 Å². The topological polar surface area (TPSA) is 17.8 Å². The minimum Gasteiger partial charge on any atom is -0.336 e. The molecule has 1 heterocycles. The van der Waals surface area contributed by atoms with Gasteiger partial charge in [0.2, 0.25) is 0 Å². The number of aromatic nitrogens is 2. The number of hydrogen-bond acceptors (Lipinski definition) is 2. The lowest BCUT2D eigenvalue weighted by atomic mass is 10.0. The van der Waals surface area contributed by atoms with Crippen LogP contribution in [0, 0.1) is 0 Å². The Morgan fingerprint density at radius 2 is 1.81 bits per heavy atom. The zero-order valence-electron chi connectivity index (χ0n) is 14.6. The Kier molecular flexibility index (Phi) is 5.72. The fourth-order valence-electron chi connectivity index (χ4n) is 3.18. The fourth-order valence-corrected chi connectivity index (χ4v) is 4.74. The summed E-state index contributed by atoms with van der Waals surface area (Å²) in [4.78, 5) is 4.19. The molecular weight excluding hydrogens is 395 g/mol. The first kappa shape index (κ1) is 18.4. The van der Waals surface area contributed by atoms with E-state index >= 15 is 0 Å². The molecule has 0 N–H and O–H groups in total. The van der Waals surface area contributed by atoms with Crippen LogP contribution in [0.3, 0.4) is 0 Å². The lowest BCUT2D eigenvalue weighted by molar-refractivity contribution is 0.686. The van der Waals surface area contributed by atoms with Crippen molar-refractivity contribution in [3.63, 3.8) is 0 Å². The highest BCUT2D eigenvalue weighted by Gasteiger charge is 2.16. The van der Waals surface area contributed by atoms with Gasteiger partial charge < -0.3 is 4.57 Å². The van der Waals surface area contributed by atoms with Gasteiger partial charge >= 0.3 is 0 Å². The van der Waals surface area contributed by atoms with Crippen molar-refractivity contribution in [3.8, 4) is 0 Å². The van der Waals surface area contributed by atoms with E-state index in [1.54, 1.807) is 0 Å². The lowest BCUT2D eigenvalue weighted by Crippen LogP contribution is -2.06. The van der Waals surface area contributed by atoms with Gasteiger partial charge in [0.1, 0.15) is 0 Å². The summed E-state index contributed by atoms with van der Waals surface area (Å²) in [6, 6.07) is 20.9. The quantitative estimate of drug-likeness (QED) is 0.338. The predicted octanol–water partition coefficient (Wildman–Crippen LogP) is 7.02. The number of imidazole rings is 1. The second-order valence-corrected chi connectivity index (χ2v) is 8.38. The molecule has 0 amide bonds. The van der Waals surface area contributed by atoms with E-state index in [0.717, 1.165) is 12.3 Å². The van der Waals surface area contributed by atoms with Crippen molar-refractivity contribution in [2.24, 2.45) is 0 Å². The molecule has 136 valence electrons. The van der Waals surface area contributed by atoms with Gasteiger partial charge in [-0.15, -0.1) is 11.8 Å². The number of benzene rings is 3. The van der Waals surface area contributed by atoms with E-state index in [1.807, 2.05) is 48.7 Å². The van der Waals surface area contributed by atoms with Crippen LogP contribution in [0.1, 0.15) is 16.4 Å². The minimum atomic E-state index is 0.291. The summed E-state index contributed by atoms with van der Waals surface area (Å²) in [6.07, 6.45) is 5.71. The van der Waals surface area contributed by atoms with Gasteiger partial charge in [-0.05, 0) is 34.0 Å². The number of hydrogen-bond donors (Lipinski definition) is 0. The minimum absolute atomic E-state index is 0.291. The van der Waals surface area contributed by atoms with Crippen molar-refractivity contribution in [1.82, 2.24) is 9.55 Å². The van der Waals surface area contributed by atoms with Gasteiger partial charge in [0.15, 0.2) is 0 Å². The van der Waals surface area contributed by atoms with Crippen molar-refractivity contribution in [3.05, 3.63) is 101 Å². The summed E-state index contributed by atoms with van der Waals surface area (Å²) in [6.45, 7) is 0.861. The molecular formula is C22H18Cl2N2S. The van der Waals surface area contributed by atoms with Gasteiger partial charge in [-0.2, -0.15) is 0 Å². The van der Waals surface area contributed by atoms with E-state index in [0.29, 0.717) is 15.3 Å². The standard InChI is InChI=1S/C22H18Cl2N2S/c23-20-9-8-16(12-21(20)24)14-27-22(13-26-11-10-25-15-26)19-7-3-5-17-4-1-2-6-18(17)19/h1-12,15,22H,13-14H2. The number of halogens is 2. The molecule has 0 spiro atoms. The van der Waals surface area contributed by atoms with Crippen LogP contribution in [0.2, 0.25) is 10.0 Å². The Bertz CT molecular complexity index is 1040. The summed E-state index contributed by atoms with van der Waals surface area (Å²) in [5, 5.41) is 4.05. The van der Waals surface area contributed by atoms with Crippen LogP contribution in [0.4, 0.5) is 0 Å². The molecule has 1 aromatic heterocycles. The SMILES string of the molecule is Clc1ccc(CSC(Cn2ccnc2)c2cccc3ccccc23)cc1Cl. The van der Waals surface area contributed by atoms with Crippen LogP contribution in [0.5, 0.6) is 0 Å². The van der Waals surface area contributed by atoms with Gasteiger partial charge in [0, 0.05) is 29.9 Å². The first-order valence-corrected chi connectivity index (χ1v) is 10.5. The van der Waals surface area contributed by atoms with E-state index in [1.165, 1.54) is 21.9 Å². The molecule has 3 aromatic carbocycles. The van der Waals surface area contributed by atoms with Crippen LogP contribution in [-0.4, -0.2) is 9.55 Å². The van der Waals surface area contributed by atoms with E-state index in [4.69, 9.17) is 23.2 Å². The average Bonchev–Trinajstić information content (AvgIpc) is 3.20. The molecule has 0 saturated heterocycles. The molecule has 0 aliphatic rings. The zero-order valence-corrected chi connectivity index (χ0v) is 16.9. The number of rotatable bonds is 6. The van der Waals surface area contributed by atoms with E-state index in [-0.39, 0.29) is 0 Å². The second kappa shape index (κ2) is 8.39. The third kappa shape index (κ3) is 4.32. The Morgan fingerprint density at radius 1 is 0.963 bits per heavy atom. The molecule has 0 aliphatic carbocycles. The summed E-state index contributed by atoms with van der Waals surface area (Å²) in [7, 11) is 0. The number of nitrogens with zero attached hydrogens (tertiary/aromatic N) is 2. The molecule has 27 heavy (non-hydrogen) atoms. The summed E-state index contributed by atoms with van der Waals surface area (Å²) >= 11 is 14.1. The second-order valence-electron chi connectivity index (χ2n) is 6.38. The van der Waals surface area contributed by atoms with Crippen LogP contribution in [0.15, 0.2) is 79.4 Å². The number of fused-ring (bicyclic) bond motifs is 1. The zero-order chi connectivity index (χ0) is 18.6. The molecule has 1 atom stereocenters. The third-order valence-corrected chi connectivity index (χ3v) is 6.59. The molecule has 4 aromatic rings. The molecule has 0 saturated carbocycles. The highest BCUT2D eigenvalue weighted by atomic mass is 35.5. The number of thioether (sulfide) groups is 1. The van der Waals surface area contributed by atoms with Crippen molar-refractivity contribution in [2.45, 2.75) is 17.5 Å². The maximum absolute atomic E-state index is 6.19. The largest absolute Gasteiger partial charge is 0.336 e. The van der Waals surface area contributed by atoms with Gasteiger partial charge in [0.25, 0.3) is 0 Å². The Hall–Kier alpha value is -1.94. The lowest BCUT2D eigenvalue weighted by Gasteiger charge is -2.20. The smallest absolute Gasteiger partial charge is 0.0946 e. The molecule has 0 fully saturated rings. The van der Waals surface area contributed by atoms with Gasteiger partial charge in [-0.25, -0.2) is 4.98 Å². The van der Waals surface area contributed by atoms with Crippen molar-refractivity contribution in [1.29, 1.82) is 0 Å². The van der Waals surface area contributed by atoms with Crippen LogP contribution >= 0.6 is 35.0 Å². The van der Waals surface area contributed by atoms with E-state index < -0.39 is 0 Å². The predicted molar refractivity (Wildman–Crippen MR) is 117 cm³/mol. The normalized spacial score (nSPS) is 12.4. The fraction of sp³-hybridized carbons (Fsp3) is 0.136. The monoisotopic (exact) mass is 412 g/mol. The maximum Gasteiger partial charge on any atom is 0.0946 e. The Morgan fingerprint density at radius 3 is 2.63 bits per heavy atom. The first-order chi connectivity index (χ1) is 13.2. The first-order valence-electron chi connectivity index (χ1n) is 8.69.